The normalized spacial score (nSPS) is 17.7. The van der Waals surface area contributed by atoms with E-state index in [1.807, 2.05) is 0 Å². The van der Waals surface area contributed by atoms with Gasteiger partial charge in [-0.25, -0.2) is 13.4 Å². The van der Waals surface area contributed by atoms with Crippen molar-refractivity contribution < 1.29 is 32.6 Å². The smallest absolute Gasteiger partial charge is 0.263 e. The molecule has 160 valence electrons. The first-order valence-electron chi connectivity index (χ1n) is 9.40. The molecule has 30 heavy (non-hydrogen) atoms. The lowest BCUT2D eigenvalue weighted by Crippen LogP contribution is -2.40. The second kappa shape index (κ2) is 8.00. The van der Waals surface area contributed by atoms with E-state index in [1.165, 1.54) is 29.6 Å². The van der Waals surface area contributed by atoms with Crippen molar-refractivity contribution in [2.24, 2.45) is 0 Å². The van der Waals surface area contributed by atoms with Gasteiger partial charge in [-0.3, -0.25) is 14.5 Å². The number of imide groups is 1. The number of ether oxygens (including phenoxy) is 2. The quantitative estimate of drug-likeness (QED) is 0.628. The Morgan fingerprint density at radius 2 is 1.87 bits per heavy atom. The van der Waals surface area contributed by atoms with E-state index in [0.717, 1.165) is 4.90 Å². The van der Waals surface area contributed by atoms with Crippen LogP contribution in [0.3, 0.4) is 0 Å². The number of morpholine rings is 1. The number of rotatable bonds is 6. The zero-order valence-corrected chi connectivity index (χ0v) is 17.1. The molecule has 1 N–H and O–H groups in total. The monoisotopic (exact) mass is 435 g/mol. The van der Waals surface area contributed by atoms with Gasteiger partial charge in [-0.15, -0.1) is 0 Å². The summed E-state index contributed by atoms with van der Waals surface area (Å²) in [5, 5.41) is 9.52. The van der Waals surface area contributed by atoms with Crippen LogP contribution >= 0.6 is 0 Å². The van der Waals surface area contributed by atoms with E-state index in [1.54, 1.807) is 0 Å². The number of aliphatic hydroxyl groups excluding tert-OH is 1. The van der Waals surface area contributed by atoms with E-state index in [2.05, 4.69) is 4.98 Å². The molecule has 3 heterocycles. The van der Waals surface area contributed by atoms with Gasteiger partial charge in [-0.2, -0.15) is 4.31 Å². The van der Waals surface area contributed by atoms with Crippen molar-refractivity contribution in [2.75, 3.05) is 46.6 Å². The Bertz CT molecular complexity index is 1130. The van der Waals surface area contributed by atoms with E-state index in [-0.39, 0.29) is 54.3 Å². The van der Waals surface area contributed by atoms with Crippen LogP contribution in [0.5, 0.6) is 0 Å². The Balaban J connectivity index is 1.90. The van der Waals surface area contributed by atoms with Gasteiger partial charge in [0.25, 0.3) is 11.8 Å². The van der Waals surface area contributed by atoms with E-state index in [0.29, 0.717) is 24.4 Å². The van der Waals surface area contributed by atoms with Crippen LogP contribution < -0.4 is 0 Å². The lowest BCUT2D eigenvalue weighted by molar-refractivity contribution is 0.0623. The fraction of sp³-hybridized carbons (Fsp3) is 0.421. The third kappa shape index (κ3) is 3.28. The minimum atomic E-state index is -3.79. The largest absolute Gasteiger partial charge is 0.395 e. The Kier molecular flexibility index (Phi) is 5.55. The molecule has 0 radical (unpaired) electrons. The number of hydrogen-bond acceptors (Lipinski definition) is 8. The summed E-state index contributed by atoms with van der Waals surface area (Å²) in [6.45, 7) is 0.577. The molecule has 10 nitrogen and oxygen atoms in total. The fourth-order valence-corrected chi connectivity index (χ4v) is 5.18. The average Bonchev–Trinajstić information content (AvgIpc) is 3.00. The number of carbonyl (C=O) groups is 2. The van der Waals surface area contributed by atoms with Gasteiger partial charge in [0.15, 0.2) is 0 Å². The van der Waals surface area contributed by atoms with Crippen LogP contribution in [-0.4, -0.2) is 86.1 Å². The fourth-order valence-electron chi connectivity index (χ4n) is 3.75. The van der Waals surface area contributed by atoms with Crippen molar-refractivity contribution in [3.8, 4) is 0 Å². The molecule has 11 heteroatoms. The SMILES string of the molecule is COCc1nc2ccc(S(=O)(=O)N3CCOCC3)cc2c2c1C(=O)N(CCO)C2=O. The maximum absolute atomic E-state index is 13.0. The molecule has 1 fully saturated rings. The molecule has 2 aliphatic heterocycles. The van der Waals surface area contributed by atoms with Crippen LogP contribution in [0.2, 0.25) is 0 Å². The summed E-state index contributed by atoms with van der Waals surface area (Å²) in [6.07, 6.45) is 0. The van der Waals surface area contributed by atoms with E-state index >= 15 is 0 Å². The maximum atomic E-state index is 13.0. The first kappa shape index (κ1) is 20.8. The number of aliphatic hydroxyl groups is 1. The lowest BCUT2D eigenvalue weighted by Gasteiger charge is -2.26. The Labute approximate surface area is 173 Å². The van der Waals surface area contributed by atoms with E-state index < -0.39 is 21.8 Å². The first-order chi connectivity index (χ1) is 14.4. The number of aromatic nitrogens is 1. The molecule has 2 aliphatic rings. The molecule has 0 unspecified atom stereocenters. The number of carbonyl (C=O) groups excluding carboxylic acids is 2. The van der Waals surface area contributed by atoms with Gasteiger partial charge in [0.05, 0.1) is 60.2 Å². The highest BCUT2D eigenvalue weighted by Gasteiger charge is 2.40. The van der Waals surface area contributed by atoms with Gasteiger partial charge in [-0.05, 0) is 18.2 Å². The van der Waals surface area contributed by atoms with Gasteiger partial charge in [0.1, 0.15) is 0 Å². The molecule has 2 amide bonds. The average molecular weight is 435 g/mol. The van der Waals surface area contributed by atoms with Crippen molar-refractivity contribution in [1.29, 1.82) is 0 Å². The van der Waals surface area contributed by atoms with Crippen molar-refractivity contribution in [3.63, 3.8) is 0 Å². The summed E-state index contributed by atoms with van der Waals surface area (Å²) in [7, 11) is -2.35. The van der Waals surface area contributed by atoms with Crippen molar-refractivity contribution in [1.82, 2.24) is 14.2 Å². The van der Waals surface area contributed by atoms with Crippen LogP contribution in [0, 0.1) is 0 Å². The summed E-state index contributed by atoms with van der Waals surface area (Å²) in [5.41, 5.74) is 0.851. The van der Waals surface area contributed by atoms with Crippen molar-refractivity contribution in [3.05, 3.63) is 35.0 Å². The molecule has 1 aromatic carbocycles. The number of β-amino-alcohol motifs (C(OH)–C–C–N with tert-alkyl or cyclic N) is 1. The molecule has 1 saturated heterocycles. The molecule has 0 atom stereocenters. The van der Waals surface area contributed by atoms with Crippen LogP contribution in [0.1, 0.15) is 26.4 Å². The predicted molar refractivity (Wildman–Crippen MR) is 104 cm³/mol. The molecule has 0 aliphatic carbocycles. The molecule has 4 rings (SSSR count). The number of hydrogen-bond donors (Lipinski definition) is 1. The molecule has 0 spiro atoms. The van der Waals surface area contributed by atoms with Gasteiger partial charge in [0.2, 0.25) is 10.0 Å². The number of fused-ring (bicyclic) bond motifs is 3. The van der Waals surface area contributed by atoms with Crippen LogP contribution in [0.15, 0.2) is 23.1 Å². The minimum Gasteiger partial charge on any atom is -0.395 e. The molecule has 2 aromatic rings. The summed E-state index contributed by atoms with van der Waals surface area (Å²) in [4.78, 5) is 31.2. The molecule has 0 bridgehead atoms. The Hall–Kier alpha value is -2.44. The Morgan fingerprint density at radius 1 is 1.17 bits per heavy atom. The second-order valence-corrected chi connectivity index (χ2v) is 8.86. The number of benzene rings is 1. The van der Waals surface area contributed by atoms with Crippen LogP contribution in [0.4, 0.5) is 0 Å². The summed E-state index contributed by atoms with van der Waals surface area (Å²) >= 11 is 0. The zero-order valence-electron chi connectivity index (χ0n) is 16.3. The molecular weight excluding hydrogens is 414 g/mol. The highest BCUT2D eigenvalue weighted by Crippen LogP contribution is 2.33. The summed E-state index contributed by atoms with van der Waals surface area (Å²) < 4.78 is 37.8. The third-order valence-electron chi connectivity index (χ3n) is 5.16. The molecule has 0 saturated carbocycles. The first-order valence-corrected chi connectivity index (χ1v) is 10.8. The van der Waals surface area contributed by atoms with Gasteiger partial charge in [0, 0.05) is 25.6 Å². The minimum absolute atomic E-state index is 0.0120. The number of pyridine rings is 1. The van der Waals surface area contributed by atoms with Crippen molar-refractivity contribution in [2.45, 2.75) is 11.5 Å². The molecule has 1 aromatic heterocycles. The van der Waals surface area contributed by atoms with Crippen LogP contribution in [-0.2, 0) is 26.1 Å². The van der Waals surface area contributed by atoms with Gasteiger partial charge in [-0.1, -0.05) is 0 Å². The maximum Gasteiger partial charge on any atom is 0.263 e. The number of sulfonamides is 1. The molecular formula is C19H21N3O7S. The second-order valence-electron chi connectivity index (χ2n) is 6.92. The van der Waals surface area contributed by atoms with Gasteiger partial charge >= 0.3 is 0 Å². The van der Waals surface area contributed by atoms with Crippen molar-refractivity contribution >= 4 is 32.7 Å². The standard InChI is InChI=1S/C19H21N3O7S/c1-28-11-15-17-16(18(24)22(4-7-23)19(17)25)13-10-12(2-3-14(13)20-15)30(26,27)21-5-8-29-9-6-21/h2-3,10,23H,4-9,11H2,1H3. The zero-order chi connectivity index (χ0) is 21.5. The summed E-state index contributed by atoms with van der Waals surface area (Å²) in [6, 6.07) is 4.35. The lowest BCUT2D eigenvalue weighted by atomic mass is 10.0. The number of nitrogens with zero attached hydrogens (tertiary/aromatic N) is 3. The highest BCUT2D eigenvalue weighted by molar-refractivity contribution is 7.89. The number of amides is 2. The topological polar surface area (TPSA) is 126 Å². The van der Waals surface area contributed by atoms with E-state index in [4.69, 9.17) is 9.47 Å². The highest BCUT2D eigenvalue weighted by atomic mass is 32.2. The van der Waals surface area contributed by atoms with Gasteiger partial charge < -0.3 is 14.6 Å². The summed E-state index contributed by atoms with van der Waals surface area (Å²) in [5.74, 6) is -1.17. The third-order valence-corrected chi connectivity index (χ3v) is 7.06. The Morgan fingerprint density at radius 3 is 2.53 bits per heavy atom. The van der Waals surface area contributed by atoms with E-state index in [9.17, 15) is 23.1 Å². The number of methoxy groups -OCH3 is 1. The predicted octanol–water partition coefficient (Wildman–Crippen LogP) is -0.00960. The van der Waals surface area contributed by atoms with Crippen LogP contribution in [0.25, 0.3) is 10.9 Å².